The van der Waals surface area contributed by atoms with E-state index in [2.05, 4.69) is 10.4 Å². The number of nitrogens with one attached hydrogen (secondary N) is 1. The van der Waals surface area contributed by atoms with Crippen molar-refractivity contribution < 1.29 is 9.53 Å². The number of amides is 1. The number of fused-ring (bicyclic) bond motifs is 1. The second-order valence-electron chi connectivity index (χ2n) is 5.34. The zero-order valence-electron chi connectivity index (χ0n) is 14.8. The molecule has 0 unspecified atom stereocenters. The van der Waals surface area contributed by atoms with Crippen molar-refractivity contribution in [3.05, 3.63) is 71.9 Å². The Labute approximate surface area is 157 Å². The molecule has 1 aliphatic rings. The van der Waals surface area contributed by atoms with Crippen molar-refractivity contribution in [3.63, 3.8) is 0 Å². The Hall–Kier alpha value is -2.73. The molecule has 1 amide bonds. The first-order valence-electron chi connectivity index (χ1n) is 8.59. The Morgan fingerprint density at radius 3 is 2.38 bits per heavy atom. The van der Waals surface area contributed by atoms with E-state index in [1.807, 2.05) is 62.4 Å². The van der Waals surface area contributed by atoms with E-state index in [9.17, 15) is 4.79 Å². The summed E-state index contributed by atoms with van der Waals surface area (Å²) in [6, 6.07) is 18.8. The number of para-hydroxylation sites is 2. The Bertz CT molecular complexity index is 864. The quantitative estimate of drug-likeness (QED) is 0.686. The molecule has 0 bridgehead atoms. The maximum atomic E-state index is 12.3. The van der Waals surface area contributed by atoms with E-state index in [0.717, 1.165) is 28.5 Å². The predicted octanol–water partition coefficient (Wildman–Crippen LogP) is 5.26. The van der Waals surface area contributed by atoms with Crippen molar-refractivity contribution in [2.45, 2.75) is 25.4 Å². The first-order valence-corrected chi connectivity index (χ1v) is 9.74. The lowest BCUT2D eigenvalue weighted by Crippen LogP contribution is -2.19. The summed E-state index contributed by atoms with van der Waals surface area (Å²) in [5.41, 5.74) is 2.99. The van der Waals surface area contributed by atoms with Crippen molar-refractivity contribution >= 4 is 23.7 Å². The average molecular weight is 367 g/mol. The fraction of sp³-hybridized carbons (Fsp3) is 0.200. The van der Waals surface area contributed by atoms with Gasteiger partial charge in [0.2, 0.25) is 0 Å². The number of hydrogen-bond donors (Lipinski definition) is 1. The van der Waals surface area contributed by atoms with Gasteiger partial charge >= 0.3 is 6.09 Å². The predicted molar refractivity (Wildman–Crippen MR) is 106 cm³/mol. The molecule has 1 aromatic heterocycles. The molecule has 0 fully saturated rings. The van der Waals surface area contributed by atoms with Crippen molar-refractivity contribution in [1.82, 2.24) is 9.78 Å². The van der Waals surface area contributed by atoms with Gasteiger partial charge in [-0.05, 0) is 24.3 Å². The average Bonchev–Trinajstić information content (AvgIpc) is 3.28. The molecule has 1 N–H and O–H groups in total. The molecule has 2 aromatic carbocycles. The molecule has 3 aromatic rings. The van der Waals surface area contributed by atoms with E-state index < -0.39 is 6.09 Å². The van der Waals surface area contributed by atoms with Crippen molar-refractivity contribution in [3.8, 4) is 11.4 Å². The lowest BCUT2D eigenvalue weighted by molar-refractivity contribution is 0.215. The van der Waals surface area contributed by atoms with Gasteiger partial charge in [0.1, 0.15) is 11.6 Å². The van der Waals surface area contributed by atoms with Gasteiger partial charge in [-0.3, -0.25) is 5.32 Å². The Balaban J connectivity index is 0.000000948. The molecule has 0 atom stereocenters. The van der Waals surface area contributed by atoms with Crippen LogP contribution in [0.25, 0.3) is 5.69 Å². The maximum absolute atomic E-state index is 12.3. The smallest absolute Gasteiger partial charge is 0.410 e. The molecule has 4 rings (SSSR count). The van der Waals surface area contributed by atoms with E-state index in [1.165, 1.54) is 0 Å². The van der Waals surface area contributed by atoms with Gasteiger partial charge in [-0.15, -0.1) is 0 Å². The molecule has 0 aliphatic carbocycles. The van der Waals surface area contributed by atoms with Gasteiger partial charge in [-0.2, -0.15) is 16.9 Å². The van der Waals surface area contributed by atoms with Crippen LogP contribution in [0.3, 0.4) is 0 Å². The van der Waals surface area contributed by atoms with Gasteiger partial charge in [-0.1, -0.05) is 50.2 Å². The zero-order chi connectivity index (χ0) is 18.4. The lowest BCUT2D eigenvalue weighted by atomic mass is 10.2. The van der Waals surface area contributed by atoms with Crippen LogP contribution in [0.1, 0.15) is 25.1 Å². The third kappa shape index (κ3) is 3.91. The number of carbonyl (C=O) groups excluding carboxylic acids is 1. The second-order valence-corrected chi connectivity index (χ2v) is 6.33. The summed E-state index contributed by atoms with van der Waals surface area (Å²) in [4.78, 5) is 12.3. The standard InChI is InChI=1S/C18H15N3O2S.C2H6/c22-18(23-14-9-5-2-6-10-14)19-17-15-11-24-12-16(15)20-21(17)13-7-3-1-4-8-13;1-2/h1-10H,11-12H2,(H,19,22);1-2H3. The lowest BCUT2D eigenvalue weighted by Gasteiger charge is -2.11. The Morgan fingerprint density at radius 2 is 1.69 bits per heavy atom. The molecule has 5 nitrogen and oxygen atoms in total. The molecular weight excluding hydrogens is 346 g/mol. The van der Waals surface area contributed by atoms with Gasteiger partial charge in [-0.25, -0.2) is 9.48 Å². The normalized spacial score (nSPS) is 11.9. The first-order chi connectivity index (χ1) is 12.8. The summed E-state index contributed by atoms with van der Waals surface area (Å²) in [6.07, 6.45) is -0.516. The number of carbonyl (C=O) groups is 1. The first kappa shape index (κ1) is 18.1. The third-order valence-electron chi connectivity index (χ3n) is 3.73. The summed E-state index contributed by atoms with van der Waals surface area (Å²) in [7, 11) is 0. The number of aromatic nitrogens is 2. The highest BCUT2D eigenvalue weighted by Crippen LogP contribution is 2.36. The van der Waals surface area contributed by atoms with Crippen LogP contribution in [0, 0.1) is 0 Å². The highest BCUT2D eigenvalue weighted by molar-refractivity contribution is 7.98. The number of ether oxygens (including phenoxy) is 1. The van der Waals surface area contributed by atoms with Crippen LogP contribution >= 0.6 is 11.8 Å². The van der Waals surface area contributed by atoms with Gasteiger partial charge in [0, 0.05) is 17.1 Å². The highest BCUT2D eigenvalue weighted by atomic mass is 32.2. The Morgan fingerprint density at radius 1 is 1.04 bits per heavy atom. The van der Waals surface area contributed by atoms with Gasteiger partial charge in [0.25, 0.3) is 0 Å². The highest BCUT2D eigenvalue weighted by Gasteiger charge is 2.25. The van der Waals surface area contributed by atoms with Crippen molar-refractivity contribution in [1.29, 1.82) is 0 Å². The van der Waals surface area contributed by atoms with Crippen LogP contribution < -0.4 is 10.1 Å². The Kier molecular flexibility index (Phi) is 5.96. The molecule has 0 saturated carbocycles. The largest absolute Gasteiger partial charge is 0.418 e. The minimum Gasteiger partial charge on any atom is -0.410 e. The summed E-state index contributed by atoms with van der Waals surface area (Å²) in [6.45, 7) is 4.00. The zero-order valence-corrected chi connectivity index (χ0v) is 15.6. The van der Waals surface area contributed by atoms with Crippen LogP contribution in [0.4, 0.5) is 10.6 Å². The molecule has 134 valence electrons. The minimum atomic E-state index is -0.516. The van der Waals surface area contributed by atoms with E-state index in [4.69, 9.17) is 4.74 Å². The molecule has 0 spiro atoms. The third-order valence-corrected chi connectivity index (χ3v) is 4.70. The molecular formula is C20H21N3O2S. The van der Waals surface area contributed by atoms with E-state index in [-0.39, 0.29) is 0 Å². The van der Waals surface area contributed by atoms with Crippen molar-refractivity contribution in [2.24, 2.45) is 0 Å². The van der Waals surface area contributed by atoms with E-state index in [0.29, 0.717) is 11.6 Å². The SMILES string of the molecule is CC.O=C(Nc1c2c(nn1-c1ccccc1)CSC2)Oc1ccccc1. The number of nitrogens with zero attached hydrogens (tertiary/aromatic N) is 2. The number of benzene rings is 2. The topological polar surface area (TPSA) is 56.2 Å². The molecule has 1 aliphatic heterocycles. The van der Waals surface area contributed by atoms with E-state index in [1.54, 1.807) is 28.6 Å². The molecule has 2 heterocycles. The van der Waals surface area contributed by atoms with Crippen LogP contribution in [0.15, 0.2) is 60.7 Å². The van der Waals surface area contributed by atoms with Gasteiger partial charge < -0.3 is 4.74 Å². The molecule has 26 heavy (non-hydrogen) atoms. The maximum Gasteiger partial charge on any atom is 0.418 e. The van der Waals surface area contributed by atoms with Crippen LogP contribution in [-0.2, 0) is 11.5 Å². The van der Waals surface area contributed by atoms with Crippen molar-refractivity contribution in [2.75, 3.05) is 5.32 Å². The fourth-order valence-electron chi connectivity index (χ4n) is 2.62. The number of thioether (sulfide) groups is 1. The van der Waals surface area contributed by atoms with Gasteiger partial charge in [0.15, 0.2) is 0 Å². The van der Waals surface area contributed by atoms with Gasteiger partial charge in [0.05, 0.1) is 11.4 Å². The van der Waals surface area contributed by atoms with Crippen LogP contribution in [0.5, 0.6) is 5.75 Å². The number of hydrogen-bond acceptors (Lipinski definition) is 4. The summed E-state index contributed by atoms with van der Waals surface area (Å²) >= 11 is 1.79. The summed E-state index contributed by atoms with van der Waals surface area (Å²) < 4.78 is 7.11. The summed E-state index contributed by atoms with van der Waals surface area (Å²) in [5.74, 6) is 2.88. The fourth-order valence-corrected chi connectivity index (χ4v) is 3.65. The molecule has 6 heteroatoms. The van der Waals surface area contributed by atoms with Crippen LogP contribution in [0.2, 0.25) is 0 Å². The molecule has 0 saturated heterocycles. The van der Waals surface area contributed by atoms with E-state index >= 15 is 0 Å². The minimum absolute atomic E-state index is 0.506. The second kappa shape index (κ2) is 8.58. The molecule has 0 radical (unpaired) electrons. The van der Waals surface area contributed by atoms with Crippen LogP contribution in [-0.4, -0.2) is 15.9 Å². The monoisotopic (exact) mass is 367 g/mol. The summed E-state index contributed by atoms with van der Waals surface area (Å²) in [5, 5.41) is 7.51. The number of anilines is 1. The number of rotatable bonds is 3.